The fraction of sp³-hybridized carbons (Fsp3) is 0.222. The summed E-state index contributed by atoms with van der Waals surface area (Å²) in [7, 11) is 4.09. The maximum absolute atomic E-state index is 12.6. The van der Waals surface area contributed by atoms with Crippen LogP contribution in [-0.2, 0) is 9.59 Å². The SMILES string of the molecule is C=C(/C=C(\C(=O)NC)c1ccc(OC(F)(F)F)cc1)CNC.C[N-]/C(=C(\C=O)Oc1cc(Cl)cc(C#N)c1)C(F)(F)F.[K+]. The average molecular weight is 657 g/mol. The monoisotopic (exact) mass is 656 g/mol. The Morgan fingerprint density at radius 3 is 2.14 bits per heavy atom. The molecule has 0 heterocycles. The molecule has 2 N–H and O–H groups in total. The molecule has 0 bridgehead atoms. The summed E-state index contributed by atoms with van der Waals surface area (Å²) in [6.45, 7) is 4.28. The molecule has 0 aliphatic rings. The zero-order valence-electron chi connectivity index (χ0n) is 23.3. The summed E-state index contributed by atoms with van der Waals surface area (Å²) < 4.78 is 82.8. The van der Waals surface area contributed by atoms with E-state index in [4.69, 9.17) is 21.6 Å². The molecule has 0 unspecified atom stereocenters. The Morgan fingerprint density at radius 1 is 1.09 bits per heavy atom. The molecule has 226 valence electrons. The smallest absolute Gasteiger partial charge is 0.680 e. The minimum atomic E-state index is -4.83. The Labute approximate surface area is 291 Å². The van der Waals surface area contributed by atoms with Crippen LogP contribution in [0.15, 0.2) is 72.1 Å². The van der Waals surface area contributed by atoms with Crippen molar-refractivity contribution in [3.63, 3.8) is 0 Å². The number of rotatable bonds is 10. The second-order valence-electron chi connectivity index (χ2n) is 7.84. The first-order valence-electron chi connectivity index (χ1n) is 11.5. The fourth-order valence-corrected chi connectivity index (χ4v) is 3.28. The maximum Gasteiger partial charge on any atom is 1.00 e. The number of allylic oxidation sites excluding steroid dienone is 2. The van der Waals surface area contributed by atoms with E-state index in [2.05, 4.69) is 27.3 Å². The standard InChI is InChI=1S/C15H17F3N2O2.C12H8ClF3N2O2.K/c1-10(9-19-2)8-13(14(21)20-3)11-4-6-12(7-5-11)22-15(16,17)18;1-18-11(12(14,15)16)10(6-19)20-9-3-7(5-17)2-8(13)4-9;/h4-8,19H,1,9H2,2-3H3,(H,20,21);2-4,6H,1H3,(H,18,19);/q;;+1/p-1/b13-8-;;. The number of alkyl halides is 6. The topological polar surface area (TPSA) is 115 Å². The summed E-state index contributed by atoms with van der Waals surface area (Å²) in [4.78, 5) is 22.7. The first kappa shape index (κ1) is 40.2. The van der Waals surface area contributed by atoms with Crippen LogP contribution in [0.2, 0.25) is 5.02 Å². The summed E-state index contributed by atoms with van der Waals surface area (Å²) in [5.41, 5.74) is 0.0647. The van der Waals surface area contributed by atoms with Gasteiger partial charge in [0.1, 0.15) is 11.5 Å². The number of hydrogen-bond donors (Lipinski definition) is 2. The van der Waals surface area contributed by atoms with Gasteiger partial charge in [-0.1, -0.05) is 30.3 Å². The van der Waals surface area contributed by atoms with Crippen molar-refractivity contribution >= 4 is 29.4 Å². The number of nitrogens with zero attached hydrogens (tertiary/aromatic N) is 2. The largest absolute Gasteiger partial charge is 1.00 e. The molecule has 1 amide bonds. The van der Waals surface area contributed by atoms with E-state index >= 15 is 0 Å². The molecule has 16 heteroatoms. The quantitative estimate of drug-likeness (QED) is 0.102. The molecular weight excluding hydrogens is 633 g/mol. The number of amides is 1. The van der Waals surface area contributed by atoms with Crippen molar-refractivity contribution in [2.75, 3.05) is 27.7 Å². The number of hydrogen-bond acceptors (Lipinski definition) is 6. The van der Waals surface area contributed by atoms with E-state index in [1.165, 1.54) is 31.3 Å². The first-order chi connectivity index (χ1) is 19.6. The van der Waals surface area contributed by atoms with Gasteiger partial charge in [0.25, 0.3) is 5.91 Å². The molecule has 2 aromatic carbocycles. The Morgan fingerprint density at radius 2 is 1.70 bits per heavy atom. The van der Waals surface area contributed by atoms with E-state index in [9.17, 15) is 35.9 Å². The van der Waals surface area contributed by atoms with Crippen LogP contribution in [0, 0.1) is 11.3 Å². The van der Waals surface area contributed by atoms with Gasteiger partial charge in [-0.05, 0) is 60.3 Å². The van der Waals surface area contributed by atoms with Gasteiger partial charge < -0.3 is 25.4 Å². The van der Waals surface area contributed by atoms with Crippen LogP contribution in [0.1, 0.15) is 11.1 Å². The van der Waals surface area contributed by atoms with Gasteiger partial charge in [0.2, 0.25) is 0 Å². The molecule has 0 atom stereocenters. The van der Waals surface area contributed by atoms with Crippen molar-refractivity contribution in [2.45, 2.75) is 12.5 Å². The second kappa shape index (κ2) is 18.7. The van der Waals surface area contributed by atoms with Crippen LogP contribution in [0.5, 0.6) is 11.5 Å². The number of carbonyl (C=O) groups is 2. The zero-order chi connectivity index (χ0) is 32.1. The van der Waals surface area contributed by atoms with Crippen LogP contribution >= 0.6 is 11.6 Å². The summed E-state index contributed by atoms with van der Waals surface area (Å²) in [5, 5.41) is 17.2. The molecule has 2 rings (SSSR count). The maximum atomic E-state index is 12.6. The number of aldehydes is 1. The van der Waals surface area contributed by atoms with Crippen molar-refractivity contribution in [1.29, 1.82) is 5.26 Å². The molecule has 8 nitrogen and oxygen atoms in total. The van der Waals surface area contributed by atoms with Crippen molar-refractivity contribution < 1.29 is 96.8 Å². The molecule has 0 aliphatic carbocycles. The Kier molecular flexibility index (Phi) is 17.5. The number of carbonyl (C=O) groups excluding carboxylic acids is 2. The molecule has 0 aromatic heterocycles. The minimum absolute atomic E-state index is 0. The Bertz CT molecular complexity index is 1370. The number of likely N-dealkylation sites (N-methyl/N-ethyl adjacent to an activating group) is 2. The predicted octanol–water partition coefficient (Wildman–Crippen LogP) is 3.06. The summed E-state index contributed by atoms with van der Waals surface area (Å²) in [5.74, 6) is -1.88. The number of ether oxygens (including phenoxy) is 2. The fourth-order valence-electron chi connectivity index (χ4n) is 3.05. The van der Waals surface area contributed by atoms with E-state index in [-0.39, 0.29) is 85.7 Å². The van der Waals surface area contributed by atoms with Crippen molar-refractivity contribution in [1.82, 2.24) is 10.6 Å². The van der Waals surface area contributed by atoms with E-state index in [0.29, 0.717) is 23.3 Å². The molecule has 0 radical (unpaired) electrons. The van der Waals surface area contributed by atoms with Crippen LogP contribution < -0.4 is 71.5 Å². The summed E-state index contributed by atoms with van der Waals surface area (Å²) in [6, 6.07) is 10.5. The van der Waals surface area contributed by atoms with E-state index in [0.717, 1.165) is 25.2 Å². The van der Waals surface area contributed by atoms with E-state index in [1.807, 2.05) is 0 Å². The first-order valence-corrected chi connectivity index (χ1v) is 11.8. The van der Waals surface area contributed by atoms with Crippen molar-refractivity contribution in [2.24, 2.45) is 0 Å². The third-order valence-corrected chi connectivity index (χ3v) is 4.90. The molecule has 0 fully saturated rings. The third kappa shape index (κ3) is 14.5. The van der Waals surface area contributed by atoms with Crippen LogP contribution in [0.3, 0.4) is 0 Å². The van der Waals surface area contributed by atoms with Gasteiger partial charge in [0, 0.05) is 24.2 Å². The van der Waals surface area contributed by atoms with Gasteiger partial charge >= 0.3 is 63.9 Å². The molecule has 0 saturated carbocycles. The van der Waals surface area contributed by atoms with Gasteiger partial charge in [0.15, 0.2) is 12.0 Å². The molecule has 0 spiro atoms. The van der Waals surface area contributed by atoms with Crippen molar-refractivity contribution in [3.8, 4) is 17.6 Å². The van der Waals surface area contributed by atoms with Gasteiger partial charge in [-0.15, -0.1) is 20.2 Å². The normalized spacial score (nSPS) is 11.8. The minimum Gasteiger partial charge on any atom is -0.680 e. The molecule has 0 saturated heterocycles. The number of halogens is 7. The average Bonchev–Trinajstić information content (AvgIpc) is 2.90. The van der Waals surface area contributed by atoms with Crippen LogP contribution in [-0.4, -0.2) is 52.4 Å². The van der Waals surface area contributed by atoms with Gasteiger partial charge in [-0.25, -0.2) is 0 Å². The molecule has 43 heavy (non-hydrogen) atoms. The predicted molar refractivity (Wildman–Crippen MR) is 143 cm³/mol. The van der Waals surface area contributed by atoms with Crippen LogP contribution in [0.4, 0.5) is 26.3 Å². The number of benzene rings is 2. The zero-order valence-corrected chi connectivity index (χ0v) is 27.2. The third-order valence-electron chi connectivity index (χ3n) is 4.68. The van der Waals surface area contributed by atoms with Crippen LogP contribution in [0.25, 0.3) is 10.9 Å². The van der Waals surface area contributed by atoms with E-state index in [1.54, 1.807) is 19.2 Å². The van der Waals surface area contributed by atoms with Gasteiger partial charge in [-0.3, -0.25) is 9.59 Å². The molecular formula is C27H24ClF6KN4O4. The van der Waals surface area contributed by atoms with Crippen molar-refractivity contribution in [3.05, 3.63) is 93.6 Å². The van der Waals surface area contributed by atoms with Gasteiger partial charge in [0.05, 0.1) is 11.6 Å². The Hall–Kier alpha value is -2.84. The van der Waals surface area contributed by atoms with E-state index < -0.39 is 24.0 Å². The van der Waals surface area contributed by atoms with Gasteiger partial charge in [-0.2, -0.15) is 18.4 Å². The molecule has 0 aliphatic heterocycles. The number of nitriles is 1. The Balaban J connectivity index is 0.000000805. The number of nitrogens with one attached hydrogen (secondary N) is 2. The summed E-state index contributed by atoms with van der Waals surface area (Å²) >= 11 is 5.68. The summed E-state index contributed by atoms with van der Waals surface area (Å²) in [6.07, 6.45) is -8.11. The second-order valence-corrected chi connectivity index (χ2v) is 8.28. The molecule has 2 aromatic rings.